The van der Waals surface area contributed by atoms with E-state index in [-0.39, 0.29) is 17.7 Å². The van der Waals surface area contributed by atoms with E-state index in [2.05, 4.69) is 27.5 Å². The molecule has 0 bridgehead atoms. The number of hydrogen-bond acceptors (Lipinski definition) is 5. The molecule has 0 spiro atoms. The number of anilines is 1. The van der Waals surface area contributed by atoms with Crippen LogP contribution in [-0.2, 0) is 18.2 Å². The molecule has 1 aliphatic rings. The van der Waals surface area contributed by atoms with Gasteiger partial charge >= 0.3 is 0 Å². The van der Waals surface area contributed by atoms with Crippen molar-refractivity contribution in [3.8, 4) is 0 Å². The summed E-state index contributed by atoms with van der Waals surface area (Å²) in [6, 6.07) is 17.2. The van der Waals surface area contributed by atoms with Crippen LogP contribution in [-0.4, -0.2) is 57.8 Å². The van der Waals surface area contributed by atoms with Crippen LogP contribution in [0.3, 0.4) is 0 Å². The molecule has 8 heteroatoms. The Labute approximate surface area is 203 Å². The van der Waals surface area contributed by atoms with Gasteiger partial charge in [-0.3, -0.25) is 19.3 Å². The number of aromatic nitrogens is 3. The van der Waals surface area contributed by atoms with E-state index in [0.29, 0.717) is 43.1 Å². The maximum absolute atomic E-state index is 13.4. The van der Waals surface area contributed by atoms with Gasteiger partial charge in [0.2, 0.25) is 0 Å². The molecule has 1 unspecified atom stereocenters. The minimum absolute atomic E-state index is 0.0717. The zero-order valence-electron chi connectivity index (χ0n) is 19.6. The topological polar surface area (TPSA) is 89.4 Å². The third kappa shape index (κ3) is 5.22. The molecule has 0 saturated carbocycles. The zero-order chi connectivity index (χ0) is 24.2. The van der Waals surface area contributed by atoms with Crippen LogP contribution in [0.15, 0.2) is 73.2 Å². The fourth-order valence-electron chi connectivity index (χ4n) is 4.50. The molecule has 2 aromatic heterocycles. The molecule has 2 aromatic carbocycles. The van der Waals surface area contributed by atoms with Crippen molar-refractivity contribution in [2.75, 3.05) is 31.6 Å². The van der Waals surface area contributed by atoms with Gasteiger partial charge in [0.1, 0.15) is 0 Å². The molecule has 1 saturated heterocycles. The predicted molar refractivity (Wildman–Crippen MR) is 133 cm³/mol. The quantitative estimate of drug-likeness (QED) is 0.483. The molecule has 4 aromatic rings. The lowest BCUT2D eigenvalue weighted by Crippen LogP contribution is -2.36. The number of amides is 2. The van der Waals surface area contributed by atoms with E-state index in [0.717, 1.165) is 17.3 Å². The average molecular weight is 470 g/mol. The van der Waals surface area contributed by atoms with Crippen molar-refractivity contribution in [2.24, 2.45) is 13.0 Å². The van der Waals surface area contributed by atoms with Crippen LogP contribution in [0.5, 0.6) is 0 Å². The van der Waals surface area contributed by atoms with E-state index in [4.69, 9.17) is 4.74 Å². The highest BCUT2D eigenvalue weighted by Crippen LogP contribution is 2.22. The van der Waals surface area contributed by atoms with Crippen LogP contribution in [0.25, 0.3) is 10.9 Å². The second-order valence-electron chi connectivity index (χ2n) is 8.82. The highest BCUT2D eigenvalue weighted by atomic mass is 16.5. The van der Waals surface area contributed by atoms with E-state index in [1.165, 1.54) is 11.8 Å². The SMILES string of the molecule is Cn1cc(C(=O)Nc2cccc(C(=O)N3CCOCC(Cc4cccc5ncccc45)C3)c2)cn1. The third-order valence-corrected chi connectivity index (χ3v) is 6.20. The number of nitrogens with zero attached hydrogens (tertiary/aromatic N) is 4. The molecule has 35 heavy (non-hydrogen) atoms. The molecule has 0 aliphatic carbocycles. The van der Waals surface area contributed by atoms with Crippen LogP contribution < -0.4 is 5.32 Å². The molecular weight excluding hydrogens is 442 g/mol. The summed E-state index contributed by atoms with van der Waals surface area (Å²) in [6.07, 6.45) is 5.75. The molecule has 2 amide bonds. The Hall–Kier alpha value is -4.04. The maximum atomic E-state index is 13.4. The van der Waals surface area contributed by atoms with E-state index < -0.39 is 0 Å². The first-order valence-electron chi connectivity index (χ1n) is 11.7. The van der Waals surface area contributed by atoms with Gasteiger partial charge in [0.05, 0.1) is 30.5 Å². The number of carbonyl (C=O) groups excluding carboxylic acids is 2. The number of benzene rings is 2. The molecule has 8 nitrogen and oxygen atoms in total. The van der Waals surface area contributed by atoms with Crippen molar-refractivity contribution < 1.29 is 14.3 Å². The largest absolute Gasteiger partial charge is 0.379 e. The van der Waals surface area contributed by atoms with Crippen LogP contribution in [0.4, 0.5) is 5.69 Å². The van der Waals surface area contributed by atoms with Crippen LogP contribution in [0.1, 0.15) is 26.3 Å². The molecule has 1 atom stereocenters. The number of aryl methyl sites for hydroxylation is 1. The Balaban J connectivity index is 1.30. The van der Waals surface area contributed by atoms with Crippen molar-refractivity contribution >= 4 is 28.4 Å². The minimum atomic E-state index is -0.268. The zero-order valence-corrected chi connectivity index (χ0v) is 19.6. The second-order valence-corrected chi connectivity index (χ2v) is 8.82. The van der Waals surface area contributed by atoms with Gasteiger partial charge in [-0.1, -0.05) is 24.3 Å². The Bertz CT molecular complexity index is 1360. The highest BCUT2D eigenvalue weighted by Gasteiger charge is 2.24. The Kier molecular flexibility index (Phi) is 6.54. The van der Waals surface area contributed by atoms with E-state index in [1.54, 1.807) is 48.4 Å². The summed E-state index contributed by atoms with van der Waals surface area (Å²) in [5, 5.41) is 8.01. The lowest BCUT2D eigenvalue weighted by Gasteiger charge is -2.24. The minimum Gasteiger partial charge on any atom is -0.379 e. The number of hydrogen-bond donors (Lipinski definition) is 1. The molecule has 178 valence electrons. The molecule has 5 rings (SSSR count). The summed E-state index contributed by atoms with van der Waals surface area (Å²) < 4.78 is 7.43. The summed E-state index contributed by atoms with van der Waals surface area (Å²) in [5.74, 6) is -0.172. The van der Waals surface area contributed by atoms with Gasteiger partial charge in [-0.25, -0.2) is 0 Å². The van der Waals surface area contributed by atoms with Crippen molar-refractivity contribution in [1.82, 2.24) is 19.7 Å². The Morgan fingerprint density at radius 2 is 2.00 bits per heavy atom. The third-order valence-electron chi connectivity index (χ3n) is 6.20. The Morgan fingerprint density at radius 1 is 1.11 bits per heavy atom. The summed E-state index contributed by atoms with van der Waals surface area (Å²) in [4.78, 5) is 32.2. The van der Waals surface area contributed by atoms with Gasteiger partial charge in [-0.05, 0) is 42.3 Å². The molecule has 0 radical (unpaired) electrons. The first kappa shape index (κ1) is 22.7. The number of carbonyl (C=O) groups is 2. The van der Waals surface area contributed by atoms with Gasteiger partial charge < -0.3 is 15.0 Å². The predicted octanol–water partition coefficient (Wildman–Crippen LogP) is 3.55. The van der Waals surface area contributed by atoms with Crippen LogP contribution in [0.2, 0.25) is 0 Å². The summed E-state index contributed by atoms with van der Waals surface area (Å²) >= 11 is 0. The van der Waals surface area contributed by atoms with E-state index in [9.17, 15) is 9.59 Å². The van der Waals surface area contributed by atoms with Crippen molar-refractivity contribution in [3.05, 3.63) is 89.9 Å². The van der Waals surface area contributed by atoms with E-state index in [1.807, 2.05) is 23.1 Å². The summed E-state index contributed by atoms with van der Waals surface area (Å²) in [6.45, 7) is 2.22. The van der Waals surface area contributed by atoms with Crippen LogP contribution >= 0.6 is 0 Å². The average Bonchev–Trinajstić information content (AvgIpc) is 3.18. The van der Waals surface area contributed by atoms with Crippen molar-refractivity contribution in [2.45, 2.75) is 6.42 Å². The monoisotopic (exact) mass is 469 g/mol. The number of pyridine rings is 1. The van der Waals surface area contributed by atoms with Gasteiger partial charge in [0.15, 0.2) is 0 Å². The molecular formula is C27H27N5O3. The van der Waals surface area contributed by atoms with Crippen molar-refractivity contribution in [3.63, 3.8) is 0 Å². The first-order chi connectivity index (χ1) is 17.1. The Morgan fingerprint density at radius 3 is 2.86 bits per heavy atom. The van der Waals surface area contributed by atoms with Gasteiger partial charge in [0.25, 0.3) is 11.8 Å². The summed E-state index contributed by atoms with van der Waals surface area (Å²) in [5.41, 5.74) is 3.73. The molecule has 1 fully saturated rings. The van der Waals surface area contributed by atoms with Crippen molar-refractivity contribution in [1.29, 1.82) is 0 Å². The van der Waals surface area contributed by atoms with Gasteiger partial charge in [-0.2, -0.15) is 5.10 Å². The number of ether oxygens (including phenoxy) is 1. The first-order valence-corrected chi connectivity index (χ1v) is 11.7. The van der Waals surface area contributed by atoms with Crippen LogP contribution in [0, 0.1) is 5.92 Å². The fraction of sp³-hybridized carbons (Fsp3) is 0.259. The van der Waals surface area contributed by atoms with E-state index >= 15 is 0 Å². The number of rotatable bonds is 5. The number of nitrogens with one attached hydrogen (secondary N) is 1. The van der Waals surface area contributed by atoms with Gasteiger partial charge in [-0.15, -0.1) is 0 Å². The number of fused-ring (bicyclic) bond motifs is 1. The normalized spacial score (nSPS) is 16.1. The standard InChI is InChI=1S/C27H27N5O3/c1-31-17-22(15-29-31)26(33)30-23-7-2-6-21(14-23)27(34)32-11-12-35-18-19(16-32)13-20-5-3-9-25-24(20)8-4-10-28-25/h2-10,14-15,17,19H,11-13,16,18H2,1H3,(H,30,33). The molecule has 3 heterocycles. The smallest absolute Gasteiger partial charge is 0.258 e. The lowest BCUT2D eigenvalue weighted by atomic mass is 9.96. The second kappa shape index (κ2) is 10.1. The lowest BCUT2D eigenvalue weighted by molar-refractivity contribution is 0.0737. The molecule has 1 N–H and O–H groups in total. The molecule has 1 aliphatic heterocycles. The fourth-order valence-corrected chi connectivity index (χ4v) is 4.50. The maximum Gasteiger partial charge on any atom is 0.258 e. The summed E-state index contributed by atoms with van der Waals surface area (Å²) in [7, 11) is 1.76. The highest BCUT2D eigenvalue weighted by molar-refractivity contribution is 6.04. The van der Waals surface area contributed by atoms with Gasteiger partial charge in [0, 0.05) is 55.1 Å².